The van der Waals surface area contributed by atoms with Crippen LogP contribution in [0, 0.1) is 13.8 Å². The van der Waals surface area contributed by atoms with Crippen LogP contribution in [0.5, 0.6) is 0 Å². The van der Waals surface area contributed by atoms with E-state index in [9.17, 15) is 4.79 Å². The molecule has 0 spiro atoms. The molecule has 21 heavy (non-hydrogen) atoms. The molecule has 0 saturated heterocycles. The van der Waals surface area contributed by atoms with E-state index in [1.165, 1.54) is 6.20 Å². The maximum atomic E-state index is 12.3. The molecule has 2 heterocycles. The molecule has 0 fully saturated rings. The Bertz CT molecular complexity index is 829. The number of carbonyl (C=O) groups excluding carboxylic acids is 1. The lowest BCUT2D eigenvalue weighted by Crippen LogP contribution is -2.13. The zero-order valence-electron chi connectivity index (χ0n) is 11.8. The fourth-order valence-corrected chi connectivity index (χ4v) is 2.13. The summed E-state index contributed by atoms with van der Waals surface area (Å²) in [5.41, 5.74) is 4.57. The molecule has 5 heteroatoms. The number of aromatic nitrogens is 3. The second kappa shape index (κ2) is 5.28. The lowest BCUT2D eigenvalue weighted by molar-refractivity contribution is 0.102. The van der Waals surface area contributed by atoms with Gasteiger partial charge >= 0.3 is 0 Å². The van der Waals surface area contributed by atoms with Gasteiger partial charge in [-0.25, -0.2) is 9.97 Å². The highest BCUT2D eigenvalue weighted by Crippen LogP contribution is 2.17. The van der Waals surface area contributed by atoms with Crippen molar-refractivity contribution in [2.24, 2.45) is 0 Å². The second-order valence-electron chi connectivity index (χ2n) is 4.90. The Morgan fingerprint density at radius 2 is 1.86 bits per heavy atom. The summed E-state index contributed by atoms with van der Waals surface area (Å²) >= 11 is 0. The Morgan fingerprint density at radius 3 is 2.67 bits per heavy atom. The van der Waals surface area contributed by atoms with Crippen LogP contribution in [-0.4, -0.2) is 20.9 Å². The predicted octanol–water partition coefficient (Wildman–Crippen LogP) is 2.89. The summed E-state index contributed by atoms with van der Waals surface area (Å²) in [6.07, 6.45) is 4.66. The number of hydrogen-bond donors (Lipinski definition) is 1. The van der Waals surface area contributed by atoms with Crippen LogP contribution in [0.25, 0.3) is 11.2 Å². The Labute approximate surface area is 122 Å². The van der Waals surface area contributed by atoms with E-state index >= 15 is 0 Å². The van der Waals surface area contributed by atoms with E-state index < -0.39 is 0 Å². The van der Waals surface area contributed by atoms with Crippen LogP contribution in [0.3, 0.4) is 0 Å². The third kappa shape index (κ3) is 2.72. The van der Waals surface area contributed by atoms with Gasteiger partial charge in [0.05, 0.1) is 5.56 Å². The number of nitrogens with one attached hydrogen (secondary N) is 1. The summed E-state index contributed by atoms with van der Waals surface area (Å²) in [5.74, 6) is -0.206. The SMILES string of the molecule is Cc1ccc(NC(=O)c2cnc3nccnc3c2)c(C)c1. The van der Waals surface area contributed by atoms with Crippen molar-refractivity contribution in [1.82, 2.24) is 15.0 Å². The van der Waals surface area contributed by atoms with Gasteiger partial charge in [-0.3, -0.25) is 9.78 Å². The van der Waals surface area contributed by atoms with Crippen LogP contribution in [0.2, 0.25) is 0 Å². The van der Waals surface area contributed by atoms with E-state index in [0.717, 1.165) is 16.8 Å². The second-order valence-corrected chi connectivity index (χ2v) is 4.90. The number of carbonyl (C=O) groups is 1. The smallest absolute Gasteiger partial charge is 0.257 e. The minimum absolute atomic E-state index is 0.206. The standard InChI is InChI=1S/C16H14N4O/c1-10-3-4-13(11(2)7-10)20-16(21)12-8-14-15(19-9-12)18-6-5-17-14/h3-9H,1-2H3,(H,20,21). The van der Waals surface area contributed by atoms with Crippen molar-refractivity contribution in [3.63, 3.8) is 0 Å². The normalized spacial score (nSPS) is 10.6. The maximum Gasteiger partial charge on any atom is 0.257 e. The molecule has 0 radical (unpaired) electrons. The van der Waals surface area contributed by atoms with Gasteiger partial charge in [0.25, 0.3) is 5.91 Å². The molecule has 0 atom stereocenters. The lowest BCUT2D eigenvalue weighted by atomic mass is 10.1. The third-order valence-electron chi connectivity index (χ3n) is 3.22. The minimum Gasteiger partial charge on any atom is -0.322 e. The highest BCUT2D eigenvalue weighted by Gasteiger charge is 2.10. The number of aryl methyl sites for hydroxylation is 2. The molecular formula is C16H14N4O. The van der Waals surface area contributed by atoms with Crippen molar-refractivity contribution in [2.45, 2.75) is 13.8 Å². The first kappa shape index (κ1) is 13.2. The van der Waals surface area contributed by atoms with Crippen LogP contribution in [-0.2, 0) is 0 Å². The van der Waals surface area contributed by atoms with Gasteiger partial charge in [-0.15, -0.1) is 0 Å². The molecule has 104 valence electrons. The Hall–Kier alpha value is -2.82. The summed E-state index contributed by atoms with van der Waals surface area (Å²) in [6.45, 7) is 3.98. The maximum absolute atomic E-state index is 12.3. The average molecular weight is 278 g/mol. The molecule has 2 aromatic heterocycles. The zero-order valence-corrected chi connectivity index (χ0v) is 11.8. The third-order valence-corrected chi connectivity index (χ3v) is 3.22. The summed E-state index contributed by atoms with van der Waals surface area (Å²) in [6, 6.07) is 7.58. The topological polar surface area (TPSA) is 67.8 Å². The first-order chi connectivity index (χ1) is 10.1. The highest BCUT2D eigenvalue weighted by atomic mass is 16.1. The Morgan fingerprint density at radius 1 is 1.05 bits per heavy atom. The number of nitrogens with zero attached hydrogens (tertiary/aromatic N) is 3. The van der Waals surface area contributed by atoms with Gasteiger partial charge in [-0.1, -0.05) is 17.7 Å². The first-order valence-corrected chi connectivity index (χ1v) is 6.59. The van der Waals surface area contributed by atoms with Crippen molar-refractivity contribution in [3.8, 4) is 0 Å². The van der Waals surface area contributed by atoms with Crippen molar-refractivity contribution < 1.29 is 4.79 Å². The number of fused-ring (bicyclic) bond motifs is 1. The molecule has 3 rings (SSSR count). The molecule has 0 aliphatic carbocycles. The summed E-state index contributed by atoms with van der Waals surface area (Å²) in [4.78, 5) is 24.7. The van der Waals surface area contributed by atoms with Gasteiger partial charge in [-0.2, -0.15) is 0 Å². The summed E-state index contributed by atoms with van der Waals surface area (Å²) in [5, 5.41) is 2.89. The monoisotopic (exact) mass is 278 g/mol. The van der Waals surface area contributed by atoms with Gasteiger partial charge in [0.2, 0.25) is 0 Å². The summed E-state index contributed by atoms with van der Waals surface area (Å²) in [7, 11) is 0. The molecule has 1 amide bonds. The van der Waals surface area contributed by atoms with E-state index in [1.54, 1.807) is 18.5 Å². The van der Waals surface area contributed by atoms with Gasteiger partial charge in [-0.05, 0) is 31.5 Å². The van der Waals surface area contributed by atoms with Crippen molar-refractivity contribution in [2.75, 3.05) is 5.32 Å². The molecule has 5 nitrogen and oxygen atoms in total. The van der Waals surface area contributed by atoms with E-state index in [0.29, 0.717) is 16.7 Å². The average Bonchev–Trinajstić information content (AvgIpc) is 2.49. The quantitative estimate of drug-likeness (QED) is 0.782. The molecule has 1 N–H and O–H groups in total. The fourth-order valence-electron chi connectivity index (χ4n) is 2.13. The first-order valence-electron chi connectivity index (χ1n) is 6.59. The lowest BCUT2D eigenvalue weighted by Gasteiger charge is -2.09. The Balaban J connectivity index is 1.89. The molecule has 0 aliphatic rings. The molecule has 0 aliphatic heterocycles. The molecule has 3 aromatic rings. The van der Waals surface area contributed by atoms with Gasteiger partial charge in [0, 0.05) is 24.3 Å². The van der Waals surface area contributed by atoms with Crippen LogP contribution in [0.15, 0.2) is 42.9 Å². The number of amides is 1. The molecule has 0 unspecified atom stereocenters. The fraction of sp³-hybridized carbons (Fsp3) is 0.125. The number of pyridine rings is 1. The molecule has 0 saturated carbocycles. The van der Waals surface area contributed by atoms with Crippen molar-refractivity contribution in [3.05, 3.63) is 59.5 Å². The molecule has 1 aromatic carbocycles. The highest BCUT2D eigenvalue weighted by molar-refractivity contribution is 6.05. The van der Waals surface area contributed by atoms with Crippen molar-refractivity contribution in [1.29, 1.82) is 0 Å². The van der Waals surface area contributed by atoms with E-state index in [1.807, 2.05) is 32.0 Å². The number of hydrogen-bond acceptors (Lipinski definition) is 4. The zero-order chi connectivity index (χ0) is 14.8. The molecular weight excluding hydrogens is 264 g/mol. The van der Waals surface area contributed by atoms with E-state index in [2.05, 4.69) is 20.3 Å². The van der Waals surface area contributed by atoms with Gasteiger partial charge in [0.1, 0.15) is 5.52 Å². The number of rotatable bonds is 2. The van der Waals surface area contributed by atoms with Crippen LogP contribution < -0.4 is 5.32 Å². The number of benzene rings is 1. The summed E-state index contributed by atoms with van der Waals surface area (Å²) < 4.78 is 0. The van der Waals surface area contributed by atoms with Gasteiger partial charge in [0.15, 0.2) is 5.65 Å². The van der Waals surface area contributed by atoms with E-state index in [-0.39, 0.29) is 5.91 Å². The Kier molecular flexibility index (Phi) is 3.31. The largest absolute Gasteiger partial charge is 0.322 e. The van der Waals surface area contributed by atoms with Crippen LogP contribution >= 0.6 is 0 Å². The number of anilines is 1. The minimum atomic E-state index is -0.206. The van der Waals surface area contributed by atoms with Crippen LogP contribution in [0.1, 0.15) is 21.5 Å². The van der Waals surface area contributed by atoms with Crippen LogP contribution in [0.4, 0.5) is 5.69 Å². The van der Waals surface area contributed by atoms with Gasteiger partial charge < -0.3 is 5.32 Å². The predicted molar refractivity (Wildman–Crippen MR) is 81.2 cm³/mol. The molecule has 0 bridgehead atoms. The van der Waals surface area contributed by atoms with E-state index in [4.69, 9.17) is 0 Å². The van der Waals surface area contributed by atoms with Crippen molar-refractivity contribution >= 4 is 22.8 Å².